The van der Waals surface area contributed by atoms with E-state index in [1.54, 1.807) is 0 Å². The molecule has 3 fully saturated rings. The average Bonchev–Trinajstić information content (AvgIpc) is 2.83. The van der Waals surface area contributed by atoms with E-state index in [9.17, 15) is 0 Å². The maximum atomic E-state index is 6.18. The van der Waals surface area contributed by atoms with Crippen molar-refractivity contribution in [1.82, 2.24) is 0 Å². The third-order valence-corrected chi connectivity index (χ3v) is 8.58. The predicted molar refractivity (Wildman–Crippen MR) is 129 cm³/mol. The molecule has 3 heteroatoms. The second-order valence-electron chi connectivity index (χ2n) is 10.3. The summed E-state index contributed by atoms with van der Waals surface area (Å²) in [5.74, 6) is 3.89. The van der Waals surface area contributed by atoms with Gasteiger partial charge in [-0.3, -0.25) is 0 Å². The van der Waals surface area contributed by atoms with Crippen LogP contribution < -0.4 is 0 Å². The molecule has 4 rings (SSSR count). The van der Waals surface area contributed by atoms with Gasteiger partial charge in [-0.05, 0) is 106 Å². The van der Waals surface area contributed by atoms with Crippen molar-refractivity contribution in [2.75, 3.05) is 13.2 Å². The third-order valence-electron chi connectivity index (χ3n) is 8.33. The van der Waals surface area contributed by atoms with Gasteiger partial charge in [-0.25, -0.2) is 0 Å². The van der Waals surface area contributed by atoms with Gasteiger partial charge in [0, 0.05) is 10.9 Å². The molecule has 0 atom stereocenters. The van der Waals surface area contributed by atoms with Crippen LogP contribution in [0.3, 0.4) is 0 Å². The van der Waals surface area contributed by atoms with E-state index in [0.29, 0.717) is 11.8 Å². The summed E-state index contributed by atoms with van der Waals surface area (Å²) in [4.78, 5) is 0. The molecule has 2 nitrogen and oxygen atoms in total. The van der Waals surface area contributed by atoms with E-state index >= 15 is 0 Å². The molecular weight excluding hydrogens is 404 g/mol. The lowest BCUT2D eigenvalue weighted by atomic mass is 9.75. The molecule has 1 aromatic rings. The molecular formula is C28H41ClO2. The molecule has 0 aromatic heterocycles. The van der Waals surface area contributed by atoms with Crippen LogP contribution in [0.15, 0.2) is 36.9 Å². The lowest BCUT2D eigenvalue weighted by molar-refractivity contribution is -0.213. The topological polar surface area (TPSA) is 18.5 Å². The number of hydrogen-bond acceptors (Lipinski definition) is 2. The maximum Gasteiger partial charge on any atom is 0.157 e. The molecule has 1 aliphatic heterocycles. The third kappa shape index (κ3) is 6.83. The summed E-state index contributed by atoms with van der Waals surface area (Å²) in [6.07, 6.45) is 17.7. The fraction of sp³-hybridized carbons (Fsp3) is 0.714. The Morgan fingerprint density at radius 2 is 1.39 bits per heavy atom. The number of ether oxygens (including phenoxy) is 2. The minimum atomic E-state index is 0.0363. The molecule has 0 radical (unpaired) electrons. The van der Waals surface area contributed by atoms with E-state index in [2.05, 4.69) is 24.8 Å². The molecule has 0 amide bonds. The second kappa shape index (κ2) is 11.9. The van der Waals surface area contributed by atoms with Crippen LogP contribution in [-0.4, -0.2) is 19.5 Å². The van der Waals surface area contributed by atoms with Gasteiger partial charge in [0.1, 0.15) is 0 Å². The summed E-state index contributed by atoms with van der Waals surface area (Å²) in [6.45, 7) is 5.69. The van der Waals surface area contributed by atoms with Gasteiger partial charge in [0.25, 0.3) is 0 Å². The summed E-state index contributed by atoms with van der Waals surface area (Å²) >= 11 is 6.04. The van der Waals surface area contributed by atoms with E-state index < -0.39 is 0 Å². The first-order chi connectivity index (χ1) is 15.2. The van der Waals surface area contributed by atoms with Gasteiger partial charge in [-0.15, -0.1) is 6.58 Å². The highest BCUT2D eigenvalue weighted by Crippen LogP contribution is 2.39. The van der Waals surface area contributed by atoms with E-state index in [1.165, 1.54) is 76.2 Å². The quantitative estimate of drug-likeness (QED) is 0.376. The van der Waals surface area contributed by atoms with E-state index in [0.717, 1.165) is 42.4 Å². The van der Waals surface area contributed by atoms with Crippen LogP contribution in [-0.2, 0) is 9.47 Å². The van der Waals surface area contributed by atoms with E-state index in [-0.39, 0.29) is 6.29 Å². The normalized spacial score (nSPS) is 34.4. The van der Waals surface area contributed by atoms with Crippen LogP contribution in [0.5, 0.6) is 0 Å². The maximum absolute atomic E-state index is 6.18. The molecule has 2 aliphatic carbocycles. The van der Waals surface area contributed by atoms with Crippen molar-refractivity contribution in [3.63, 3.8) is 0 Å². The molecule has 172 valence electrons. The Kier molecular flexibility index (Phi) is 8.93. The van der Waals surface area contributed by atoms with Gasteiger partial charge in [-0.1, -0.05) is 42.7 Å². The number of benzene rings is 1. The van der Waals surface area contributed by atoms with Crippen LogP contribution in [0.2, 0.25) is 5.02 Å². The Balaban J connectivity index is 1.10. The van der Waals surface area contributed by atoms with Crippen molar-refractivity contribution < 1.29 is 9.47 Å². The van der Waals surface area contributed by atoms with Crippen molar-refractivity contribution in [3.05, 3.63) is 47.5 Å². The summed E-state index contributed by atoms with van der Waals surface area (Å²) in [6, 6.07) is 8.48. The van der Waals surface area contributed by atoms with Gasteiger partial charge in [-0.2, -0.15) is 0 Å². The molecule has 0 bridgehead atoms. The lowest BCUT2D eigenvalue weighted by Crippen LogP contribution is -2.37. The lowest BCUT2D eigenvalue weighted by Gasteiger charge is -2.38. The van der Waals surface area contributed by atoms with Gasteiger partial charge in [0.15, 0.2) is 6.29 Å². The number of rotatable bonds is 8. The minimum Gasteiger partial charge on any atom is -0.352 e. The molecule has 1 heterocycles. The molecule has 0 N–H and O–H groups in total. The van der Waals surface area contributed by atoms with Gasteiger partial charge in [0.05, 0.1) is 13.2 Å². The number of allylic oxidation sites excluding steroid dienone is 1. The Morgan fingerprint density at radius 3 is 2.03 bits per heavy atom. The number of halogens is 1. The fourth-order valence-corrected chi connectivity index (χ4v) is 6.32. The Hall–Kier alpha value is -0.830. The van der Waals surface area contributed by atoms with E-state index in [4.69, 9.17) is 21.1 Å². The average molecular weight is 445 g/mol. The van der Waals surface area contributed by atoms with Gasteiger partial charge in [0.2, 0.25) is 0 Å². The Labute approximate surface area is 194 Å². The fourth-order valence-electron chi connectivity index (χ4n) is 6.19. The van der Waals surface area contributed by atoms with Crippen molar-refractivity contribution in [3.8, 4) is 0 Å². The van der Waals surface area contributed by atoms with Gasteiger partial charge < -0.3 is 9.47 Å². The molecule has 1 aromatic carbocycles. The summed E-state index contributed by atoms with van der Waals surface area (Å²) in [5.41, 5.74) is 1.46. The zero-order valence-electron chi connectivity index (χ0n) is 19.2. The van der Waals surface area contributed by atoms with Crippen molar-refractivity contribution in [2.24, 2.45) is 23.7 Å². The Bertz CT molecular complexity index is 648. The highest BCUT2D eigenvalue weighted by molar-refractivity contribution is 6.30. The molecule has 0 unspecified atom stereocenters. The second-order valence-corrected chi connectivity index (χ2v) is 10.8. The standard InChI is InChI=1S/C28H41ClO2/c1-2-3-4-21-5-12-25(13-6-21)26-19-30-28(31-20-26)18-9-22-7-10-23(11-8-22)24-14-16-27(29)17-15-24/h2,14-17,21-23,25-26,28H,1,3-13,18-20H2/t21-,22-,23-,25-,26?,28?. The SMILES string of the molecule is C=CCC[C@H]1CC[C@H](C2COC(CC[C@H]3CC[C@H](c4ccc(Cl)cc4)CC3)OC2)CC1. The van der Waals surface area contributed by atoms with Crippen molar-refractivity contribution in [1.29, 1.82) is 0 Å². The largest absolute Gasteiger partial charge is 0.352 e. The highest BCUT2D eigenvalue weighted by atomic mass is 35.5. The van der Waals surface area contributed by atoms with Crippen LogP contribution in [0.4, 0.5) is 0 Å². The van der Waals surface area contributed by atoms with E-state index in [1.807, 2.05) is 12.1 Å². The smallest absolute Gasteiger partial charge is 0.157 e. The summed E-state index contributed by atoms with van der Waals surface area (Å²) in [5, 5.41) is 0.836. The van der Waals surface area contributed by atoms with Crippen LogP contribution in [0.1, 0.15) is 88.5 Å². The van der Waals surface area contributed by atoms with Crippen molar-refractivity contribution in [2.45, 2.75) is 89.3 Å². The first-order valence-corrected chi connectivity index (χ1v) is 13.2. The number of hydrogen-bond donors (Lipinski definition) is 0. The van der Waals surface area contributed by atoms with Gasteiger partial charge >= 0.3 is 0 Å². The zero-order valence-corrected chi connectivity index (χ0v) is 19.9. The monoisotopic (exact) mass is 444 g/mol. The Morgan fingerprint density at radius 1 is 0.774 bits per heavy atom. The summed E-state index contributed by atoms with van der Waals surface area (Å²) in [7, 11) is 0. The zero-order chi connectivity index (χ0) is 21.5. The first kappa shape index (κ1) is 23.3. The van der Waals surface area contributed by atoms with Crippen LogP contribution >= 0.6 is 11.6 Å². The molecule has 3 aliphatic rings. The highest BCUT2D eigenvalue weighted by Gasteiger charge is 2.32. The van der Waals surface area contributed by atoms with Crippen LogP contribution in [0.25, 0.3) is 0 Å². The minimum absolute atomic E-state index is 0.0363. The summed E-state index contributed by atoms with van der Waals surface area (Å²) < 4.78 is 12.4. The molecule has 0 spiro atoms. The van der Waals surface area contributed by atoms with Crippen molar-refractivity contribution >= 4 is 11.6 Å². The predicted octanol–water partition coefficient (Wildman–Crippen LogP) is 8.16. The molecule has 31 heavy (non-hydrogen) atoms. The first-order valence-electron chi connectivity index (χ1n) is 12.8. The molecule has 2 saturated carbocycles. The molecule has 1 saturated heterocycles. The van der Waals surface area contributed by atoms with Crippen LogP contribution in [0, 0.1) is 23.7 Å².